The molecule has 2 fully saturated rings. The predicted octanol–water partition coefficient (Wildman–Crippen LogP) is 5.36. The van der Waals surface area contributed by atoms with E-state index in [0.29, 0.717) is 86.3 Å². The average Bonchev–Trinajstić information content (AvgIpc) is 3.49. The van der Waals surface area contributed by atoms with Crippen LogP contribution in [0.15, 0.2) is 76.6 Å². The maximum absolute atomic E-state index is 14.9. The molecule has 3 amide bonds. The number of morpholine rings is 1. The third kappa shape index (κ3) is 8.38. The van der Waals surface area contributed by atoms with E-state index in [9.17, 15) is 18.0 Å². The average molecular weight is 765 g/mol. The van der Waals surface area contributed by atoms with Gasteiger partial charge < -0.3 is 19.3 Å². The van der Waals surface area contributed by atoms with Gasteiger partial charge in [-0.05, 0) is 60.5 Å². The monoisotopic (exact) mass is 763 g/mol. The SMILES string of the molecule is CCOc1ccc(S(C)(=O)=O)cc1C1=NC(c2ccc(Cl)cc2)C(c2ccc(Cl)cc2)N1C(=O)N1CCN(CC(=O)N2CCOCC2)CC1.Cl. The number of carbonyl (C=O) groups is 2. The first kappa shape index (κ1) is 37.9. The summed E-state index contributed by atoms with van der Waals surface area (Å²) >= 11 is 12.6. The lowest BCUT2D eigenvalue weighted by atomic mass is 9.93. The second-order valence-corrected chi connectivity index (χ2v) is 15.1. The predicted molar refractivity (Wildman–Crippen MR) is 196 cm³/mol. The van der Waals surface area contributed by atoms with Gasteiger partial charge in [-0.2, -0.15) is 0 Å². The highest BCUT2D eigenvalue weighted by atomic mass is 35.5. The number of hydrogen-bond acceptors (Lipinski definition) is 8. The summed E-state index contributed by atoms with van der Waals surface area (Å²) in [6, 6.07) is 17.8. The number of sulfone groups is 1. The summed E-state index contributed by atoms with van der Waals surface area (Å²) in [6.07, 6.45) is 1.14. The lowest BCUT2D eigenvalue weighted by Crippen LogP contribution is -2.56. The third-order valence-electron chi connectivity index (χ3n) is 8.98. The van der Waals surface area contributed by atoms with Gasteiger partial charge in [0.15, 0.2) is 9.84 Å². The zero-order valence-corrected chi connectivity index (χ0v) is 31.0. The molecular formula is C35H40Cl3N5O6S. The zero-order chi connectivity index (χ0) is 34.7. The number of urea groups is 1. The Morgan fingerprint density at radius 2 is 1.46 bits per heavy atom. The van der Waals surface area contributed by atoms with Crippen LogP contribution in [0.25, 0.3) is 0 Å². The molecule has 0 aromatic heterocycles. The molecule has 3 aliphatic heterocycles. The van der Waals surface area contributed by atoms with Crippen molar-refractivity contribution in [2.75, 3.05) is 71.9 Å². The Morgan fingerprint density at radius 1 is 0.860 bits per heavy atom. The molecule has 2 unspecified atom stereocenters. The molecule has 3 aromatic carbocycles. The van der Waals surface area contributed by atoms with E-state index in [1.54, 1.807) is 40.1 Å². The van der Waals surface area contributed by atoms with Crippen LogP contribution in [0, 0.1) is 0 Å². The van der Waals surface area contributed by atoms with Crippen molar-refractivity contribution < 1.29 is 27.5 Å². The number of amidine groups is 1. The van der Waals surface area contributed by atoms with Gasteiger partial charge in [0.2, 0.25) is 5.91 Å². The molecule has 3 aliphatic rings. The molecule has 6 rings (SSSR count). The van der Waals surface area contributed by atoms with Crippen LogP contribution in [0.3, 0.4) is 0 Å². The Kier molecular flexibility index (Phi) is 12.3. The molecule has 0 saturated carbocycles. The minimum absolute atomic E-state index is 0. The fourth-order valence-electron chi connectivity index (χ4n) is 6.40. The Bertz CT molecular complexity index is 1810. The van der Waals surface area contributed by atoms with Crippen molar-refractivity contribution in [3.8, 4) is 5.75 Å². The lowest BCUT2D eigenvalue weighted by molar-refractivity contribution is -0.136. The van der Waals surface area contributed by atoms with Crippen molar-refractivity contribution in [3.05, 3.63) is 93.5 Å². The smallest absolute Gasteiger partial charge is 0.326 e. The molecular weight excluding hydrogens is 725 g/mol. The summed E-state index contributed by atoms with van der Waals surface area (Å²) in [5, 5.41) is 1.11. The summed E-state index contributed by atoms with van der Waals surface area (Å²) in [7, 11) is -3.61. The van der Waals surface area contributed by atoms with Crippen LogP contribution >= 0.6 is 35.6 Å². The van der Waals surface area contributed by atoms with E-state index in [2.05, 4.69) is 4.90 Å². The largest absolute Gasteiger partial charge is 0.493 e. The number of carbonyl (C=O) groups excluding carboxylic acids is 2. The van der Waals surface area contributed by atoms with Crippen LogP contribution in [0.4, 0.5) is 4.79 Å². The van der Waals surface area contributed by atoms with E-state index in [4.69, 9.17) is 37.7 Å². The van der Waals surface area contributed by atoms with Crippen LogP contribution < -0.4 is 4.74 Å². The van der Waals surface area contributed by atoms with Crippen LogP contribution in [0.5, 0.6) is 5.75 Å². The maximum atomic E-state index is 14.9. The number of aliphatic imine (C=N–C) groups is 1. The van der Waals surface area contributed by atoms with Gasteiger partial charge in [-0.25, -0.2) is 13.2 Å². The van der Waals surface area contributed by atoms with E-state index < -0.39 is 21.9 Å². The fourth-order valence-corrected chi connectivity index (χ4v) is 7.30. The summed E-state index contributed by atoms with van der Waals surface area (Å²) < 4.78 is 36.9. The third-order valence-corrected chi connectivity index (χ3v) is 10.6. The Hall–Kier alpha value is -3.39. The summed E-state index contributed by atoms with van der Waals surface area (Å²) in [5.41, 5.74) is 2.01. The maximum Gasteiger partial charge on any atom is 0.326 e. The number of halogens is 3. The highest BCUT2D eigenvalue weighted by Crippen LogP contribution is 2.45. The van der Waals surface area contributed by atoms with E-state index in [1.807, 2.05) is 36.1 Å². The molecule has 0 N–H and O–H groups in total. The number of hydrogen-bond donors (Lipinski definition) is 0. The number of nitrogens with zero attached hydrogens (tertiary/aromatic N) is 5. The standard InChI is InChI=1S/C35H39Cl2N5O6S.ClH/c1-3-48-30-13-12-28(49(2,45)46)22-29(30)34-38-32(24-4-8-26(36)9-5-24)33(25-6-10-27(37)11-7-25)42(34)35(44)41-16-14-39(15-17-41)23-31(43)40-18-20-47-21-19-40;/h4-13,22,32-33H,3,14-21,23H2,1-2H3;1H. The van der Waals surface area contributed by atoms with Crippen molar-refractivity contribution >= 4 is 63.2 Å². The molecule has 0 bridgehead atoms. The molecule has 11 nitrogen and oxygen atoms in total. The van der Waals surface area contributed by atoms with Gasteiger partial charge >= 0.3 is 6.03 Å². The molecule has 0 aliphatic carbocycles. The van der Waals surface area contributed by atoms with Crippen molar-refractivity contribution in [1.82, 2.24) is 19.6 Å². The van der Waals surface area contributed by atoms with Crippen LogP contribution in [-0.2, 0) is 19.4 Å². The highest BCUT2D eigenvalue weighted by molar-refractivity contribution is 7.90. The second kappa shape index (κ2) is 16.3. The first-order valence-corrected chi connectivity index (χ1v) is 18.9. The molecule has 0 radical (unpaired) electrons. The van der Waals surface area contributed by atoms with Gasteiger partial charge in [-0.3, -0.25) is 19.6 Å². The van der Waals surface area contributed by atoms with Gasteiger partial charge in [-0.1, -0.05) is 47.5 Å². The van der Waals surface area contributed by atoms with Crippen molar-refractivity contribution in [1.29, 1.82) is 0 Å². The number of piperazine rings is 1. The molecule has 268 valence electrons. The van der Waals surface area contributed by atoms with E-state index in [1.165, 1.54) is 12.1 Å². The summed E-state index contributed by atoms with van der Waals surface area (Å²) in [6.45, 7) is 6.49. The minimum Gasteiger partial charge on any atom is -0.493 e. The van der Waals surface area contributed by atoms with Crippen molar-refractivity contribution in [3.63, 3.8) is 0 Å². The molecule has 2 saturated heterocycles. The number of benzene rings is 3. The highest BCUT2D eigenvalue weighted by Gasteiger charge is 2.45. The van der Waals surface area contributed by atoms with Crippen molar-refractivity contribution in [2.24, 2.45) is 4.99 Å². The first-order valence-electron chi connectivity index (χ1n) is 16.3. The van der Waals surface area contributed by atoms with Crippen LogP contribution in [0.1, 0.15) is 35.7 Å². The van der Waals surface area contributed by atoms with Gasteiger partial charge in [0.1, 0.15) is 17.6 Å². The topological polar surface area (TPSA) is 112 Å². The summed E-state index contributed by atoms with van der Waals surface area (Å²) in [5.74, 6) is 0.758. The minimum atomic E-state index is -3.61. The Morgan fingerprint density at radius 3 is 2.04 bits per heavy atom. The molecule has 50 heavy (non-hydrogen) atoms. The van der Waals surface area contributed by atoms with Crippen molar-refractivity contribution in [2.45, 2.75) is 23.9 Å². The Labute approximate surface area is 309 Å². The van der Waals surface area contributed by atoms with Gasteiger partial charge in [0.25, 0.3) is 0 Å². The Balaban J connectivity index is 0.00000486. The number of rotatable bonds is 8. The first-order chi connectivity index (χ1) is 23.5. The molecule has 3 heterocycles. The quantitative estimate of drug-likeness (QED) is 0.304. The molecule has 15 heteroatoms. The van der Waals surface area contributed by atoms with Gasteiger partial charge in [-0.15, -0.1) is 12.4 Å². The van der Waals surface area contributed by atoms with Crippen LogP contribution in [0.2, 0.25) is 10.0 Å². The van der Waals surface area contributed by atoms with Crippen LogP contribution in [-0.4, -0.2) is 118 Å². The van der Waals surface area contributed by atoms with Gasteiger partial charge in [0, 0.05) is 55.6 Å². The lowest BCUT2D eigenvalue weighted by Gasteiger charge is -2.39. The molecule has 3 aromatic rings. The molecule has 2 atom stereocenters. The number of amides is 3. The van der Waals surface area contributed by atoms with Gasteiger partial charge in [0.05, 0.1) is 42.9 Å². The second-order valence-electron chi connectivity index (χ2n) is 12.2. The normalized spacial score (nSPS) is 19.9. The molecule has 0 spiro atoms. The van der Waals surface area contributed by atoms with E-state index in [-0.39, 0.29) is 35.8 Å². The fraction of sp³-hybridized carbons (Fsp3) is 0.400. The van der Waals surface area contributed by atoms with E-state index in [0.717, 1.165) is 17.4 Å². The summed E-state index contributed by atoms with van der Waals surface area (Å²) in [4.78, 5) is 40.4. The zero-order valence-electron chi connectivity index (χ0n) is 27.8. The van der Waals surface area contributed by atoms with E-state index >= 15 is 0 Å². The number of ether oxygens (including phenoxy) is 2.